The third-order valence-corrected chi connectivity index (χ3v) is 2.37. The van der Waals surface area contributed by atoms with Crippen LogP contribution in [0, 0.1) is 17.1 Å². The van der Waals surface area contributed by atoms with Gasteiger partial charge >= 0.3 is 0 Å². The van der Waals surface area contributed by atoms with Crippen molar-refractivity contribution in [3.63, 3.8) is 0 Å². The Kier molecular flexibility index (Phi) is 3.53. The molecule has 0 aromatic heterocycles. The lowest BCUT2D eigenvalue weighted by molar-refractivity contribution is 0.408. The minimum absolute atomic E-state index is 0.259. The fourth-order valence-corrected chi connectivity index (χ4v) is 1.59. The highest BCUT2D eigenvalue weighted by Gasteiger charge is 2.05. The average molecular weight is 258 g/mol. The third-order valence-electron chi connectivity index (χ3n) is 2.37. The van der Waals surface area contributed by atoms with E-state index < -0.39 is 5.82 Å². The molecule has 0 spiro atoms. The molecule has 0 aliphatic carbocycles. The van der Waals surface area contributed by atoms with E-state index in [0.29, 0.717) is 17.1 Å². The number of methoxy groups -OCH3 is 1. The molecule has 0 unspecified atom stereocenters. The fourth-order valence-electron chi connectivity index (χ4n) is 1.59. The van der Waals surface area contributed by atoms with Crippen LogP contribution in [0.4, 0.5) is 10.1 Å². The summed E-state index contributed by atoms with van der Waals surface area (Å²) in [5.74, 6) is 0.632. The van der Waals surface area contributed by atoms with E-state index in [1.54, 1.807) is 12.1 Å². The Hall–Kier alpha value is -2.74. The standard InChI is InChI=1S/C14H11FN2O2/c1-18-12-2-9(8-16)3-13(7-12)19-14-5-10(15)4-11(17)6-14/h2-7H,17H2,1H3. The topological polar surface area (TPSA) is 68.3 Å². The lowest BCUT2D eigenvalue weighted by Crippen LogP contribution is -1.92. The lowest BCUT2D eigenvalue weighted by atomic mass is 10.2. The Bertz CT molecular complexity index is 630. The Balaban J connectivity index is 2.35. The second kappa shape index (κ2) is 5.27. The third kappa shape index (κ3) is 3.13. The van der Waals surface area contributed by atoms with Crippen LogP contribution in [0.2, 0.25) is 0 Å². The van der Waals surface area contributed by atoms with Gasteiger partial charge in [-0.25, -0.2) is 4.39 Å². The molecule has 0 saturated carbocycles. The molecule has 2 aromatic rings. The molecular weight excluding hydrogens is 247 g/mol. The summed E-state index contributed by atoms with van der Waals surface area (Å²) in [6, 6.07) is 10.6. The lowest BCUT2D eigenvalue weighted by Gasteiger charge is -2.09. The fraction of sp³-hybridized carbons (Fsp3) is 0.0714. The normalized spacial score (nSPS) is 9.74. The summed E-state index contributed by atoms with van der Waals surface area (Å²) in [5.41, 5.74) is 6.18. The zero-order chi connectivity index (χ0) is 13.8. The smallest absolute Gasteiger partial charge is 0.132 e. The van der Waals surface area contributed by atoms with E-state index in [0.717, 1.165) is 0 Å². The molecule has 0 aliphatic rings. The molecule has 19 heavy (non-hydrogen) atoms. The quantitative estimate of drug-likeness (QED) is 0.859. The predicted molar refractivity (Wildman–Crippen MR) is 68.6 cm³/mol. The first-order chi connectivity index (χ1) is 9.10. The molecule has 0 bridgehead atoms. The van der Waals surface area contributed by atoms with Gasteiger partial charge in [0.2, 0.25) is 0 Å². The number of nitrogen functional groups attached to an aromatic ring is 1. The molecule has 0 aliphatic heterocycles. The van der Waals surface area contributed by atoms with Crippen molar-refractivity contribution in [2.75, 3.05) is 12.8 Å². The van der Waals surface area contributed by atoms with Crippen molar-refractivity contribution in [2.45, 2.75) is 0 Å². The van der Waals surface area contributed by atoms with E-state index in [9.17, 15) is 4.39 Å². The van der Waals surface area contributed by atoms with Crippen LogP contribution < -0.4 is 15.2 Å². The van der Waals surface area contributed by atoms with Crippen molar-refractivity contribution in [3.8, 4) is 23.3 Å². The summed E-state index contributed by atoms with van der Waals surface area (Å²) in [7, 11) is 1.49. The van der Waals surface area contributed by atoms with E-state index in [4.69, 9.17) is 20.5 Å². The van der Waals surface area contributed by atoms with Gasteiger partial charge in [-0.1, -0.05) is 0 Å². The molecule has 0 atom stereocenters. The van der Waals surface area contributed by atoms with Crippen LogP contribution in [-0.4, -0.2) is 7.11 Å². The van der Waals surface area contributed by atoms with Gasteiger partial charge in [-0.05, 0) is 18.2 Å². The minimum atomic E-state index is -0.488. The molecule has 0 amide bonds. The van der Waals surface area contributed by atoms with Gasteiger partial charge in [-0.2, -0.15) is 5.26 Å². The summed E-state index contributed by atoms with van der Waals surface area (Å²) < 4.78 is 23.7. The van der Waals surface area contributed by atoms with Crippen LogP contribution in [0.25, 0.3) is 0 Å². The highest BCUT2D eigenvalue weighted by molar-refractivity contribution is 5.48. The first kappa shape index (κ1) is 12.7. The van der Waals surface area contributed by atoms with Gasteiger partial charge in [0.1, 0.15) is 23.1 Å². The van der Waals surface area contributed by atoms with Gasteiger partial charge in [-0.15, -0.1) is 0 Å². The molecule has 96 valence electrons. The molecule has 0 radical (unpaired) electrons. The minimum Gasteiger partial charge on any atom is -0.497 e. The van der Waals surface area contributed by atoms with Gasteiger partial charge < -0.3 is 15.2 Å². The molecule has 5 heteroatoms. The van der Waals surface area contributed by atoms with Crippen LogP contribution in [0.3, 0.4) is 0 Å². The molecule has 0 saturated heterocycles. The maximum atomic E-state index is 13.2. The number of benzene rings is 2. The Morgan fingerprint density at radius 1 is 1.05 bits per heavy atom. The van der Waals surface area contributed by atoms with Crippen molar-refractivity contribution in [1.82, 2.24) is 0 Å². The molecular formula is C14H11FN2O2. The Labute approximate surface area is 109 Å². The maximum Gasteiger partial charge on any atom is 0.132 e. The first-order valence-corrected chi connectivity index (χ1v) is 5.44. The van der Waals surface area contributed by atoms with Crippen LogP contribution in [0.1, 0.15) is 5.56 Å². The highest BCUT2D eigenvalue weighted by Crippen LogP contribution is 2.28. The highest BCUT2D eigenvalue weighted by atomic mass is 19.1. The van der Waals surface area contributed by atoms with Crippen molar-refractivity contribution >= 4 is 5.69 Å². The van der Waals surface area contributed by atoms with Gasteiger partial charge in [-0.3, -0.25) is 0 Å². The van der Waals surface area contributed by atoms with E-state index in [2.05, 4.69) is 0 Å². The molecule has 0 fully saturated rings. The Morgan fingerprint density at radius 3 is 2.37 bits per heavy atom. The van der Waals surface area contributed by atoms with Gasteiger partial charge in [0.15, 0.2) is 0 Å². The molecule has 2 rings (SSSR count). The number of halogens is 1. The number of hydrogen-bond acceptors (Lipinski definition) is 4. The van der Waals surface area contributed by atoms with Crippen molar-refractivity contribution in [3.05, 3.63) is 47.8 Å². The summed E-state index contributed by atoms with van der Waals surface area (Å²) in [6.07, 6.45) is 0. The number of nitrogens with zero attached hydrogens (tertiary/aromatic N) is 1. The predicted octanol–water partition coefficient (Wildman–Crippen LogP) is 3.08. The van der Waals surface area contributed by atoms with Crippen LogP contribution in [-0.2, 0) is 0 Å². The second-order valence-corrected chi connectivity index (χ2v) is 3.83. The number of ether oxygens (including phenoxy) is 2. The van der Waals surface area contributed by atoms with Gasteiger partial charge in [0, 0.05) is 23.9 Å². The van der Waals surface area contributed by atoms with E-state index in [-0.39, 0.29) is 11.4 Å². The number of hydrogen-bond donors (Lipinski definition) is 1. The van der Waals surface area contributed by atoms with E-state index >= 15 is 0 Å². The van der Waals surface area contributed by atoms with E-state index in [1.807, 2.05) is 6.07 Å². The monoisotopic (exact) mass is 258 g/mol. The average Bonchev–Trinajstić information content (AvgIpc) is 2.37. The first-order valence-electron chi connectivity index (χ1n) is 5.44. The molecule has 2 N–H and O–H groups in total. The van der Waals surface area contributed by atoms with Crippen molar-refractivity contribution < 1.29 is 13.9 Å². The summed E-state index contributed by atoms with van der Waals surface area (Å²) in [6.45, 7) is 0. The molecule has 4 nitrogen and oxygen atoms in total. The largest absolute Gasteiger partial charge is 0.497 e. The number of anilines is 1. The van der Waals surface area contributed by atoms with Crippen molar-refractivity contribution in [1.29, 1.82) is 5.26 Å². The van der Waals surface area contributed by atoms with Crippen LogP contribution in [0.15, 0.2) is 36.4 Å². The SMILES string of the molecule is COc1cc(C#N)cc(Oc2cc(N)cc(F)c2)c1. The summed E-state index contributed by atoms with van der Waals surface area (Å²) >= 11 is 0. The zero-order valence-electron chi connectivity index (χ0n) is 10.2. The Morgan fingerprint density at radius 2 is 1.74 bits per heavy atom. The number of nitriles is 1. The van der Waals surface area contributed by atoms with E-state index in [1.165, 1.54) is 31.4 Å². The number of nitrogens with two attached hydrogens (primary N) is 1. The van der Waals surface area contributed by atoms with Gasteiger partial charge in [0.25, 0.3) is 0 Å². The summed E-state index contributed by atoms with van der Waals surface area (Å²) in [4.78, 5) is 0. The molecule has 0 heterocycles. The second-order valence-electron chi connectivity index (χ2n) is 3.83. The maximum absolute atomic E-state index is 13.2. The number of rotatable bonds is 3. The van der Waals surface area contributed by atoms with Crippen LogP contribution >= 0.6 is 0 Å². The van der Waals surface area contributed by atoms with Crippen LogP contribution in [0.5, 0.6) is 17.2 Å². The van der Waals surface area contributed by atoms with Crippen molar-refractivity contribution in [2.24, 2.45) is 0 Å². The summed E-state index contributed by atoms with van der Waals surface area (Å²) in [5, 5.41) is 8.90. The van der Waals surface area contributed by atoms with Gasteiger partial charge in [0.05, 0.1) is 18.7 Å². The molecule has 2 aromatic carbocycles. The zero-order valence-corrected chi connectivity index (χ0v) is 10.2.